The Bertz CT molecular complexity index is 1000. The predicted octanol–water partition coefficient (Wildman–Crippen LogP) is 4.44. The van der Waals surface area contributed by atoms with Crippen LogP contribution >= 0.6 is 11.8 Å². The van der Waals surface area contributed by atoms with Gasteiger partial charge < -0.3 is 14.6 Å². The van der Waals surface area contributed by atoms with Crippen LogP contribution in [0.1, 0.15) is 30.0 Å². The van der Waals surface area contributed by atoms with Gasteiger partial charge >= 0.3 is 0 Å². The molecule has 0 spiro atoms. The maximum absolute atomic E-state index is 13.6. The first-order valence-corrected chi connectivity index (χ1v) is 10.1. The van der Waals surface area contributed by atoms with Gasteiger partial charge in [0.15, 0.2) is 17.1 Å². The molecule has 1 unspecified atom stereocenters. The number of amides is 1. The lowest BCUT2D eigenvalue weighted by molar-refractivity contribution is -0.113. The van der Waals surface area contributed by atoms with Crippen LogP contribution in [0.15, 0.2) is 47.6 Å². The number of benzene rings is 2. The van der Waals surface area contributed by atoms with Crippen LogP contribution in [0.4, 0.5) is 10.1 Å². The number of aryl methyl sites for hydroxylation is 2. The summed E-state index contributed by atoms with van der Waals surface area (Å²) in [5, 5.41) is 11.5. The number of nitrogens with zero attached hydrogens (tertiary/aromatic N) is 3. The summed E-state index contributed by atoms with van der Waals surface area (Å²) in [6, 6.07) is 12.1. The van der Waals surface area contributed by atoms with Crippen molar-refractivity contribution >= 4 is 23.4 Å². The van der Waals surface area contributed by atoms with Crippen LogP contribution < -0.4 is 10.1 Å². The summed E-state index contributed by atoms with van der Waals surface area (Å²) in [6.45, 7) is 5.95. The highest BCUT2D eigenvalue weighted by atomic mass is 32.2. The predicted molar refractivity (Wildman–Crippen MR) is 112 cm³/mol. The molecule has 0 saturated heterocycles. The van der Waals surface area contributed by atoms with Crippen molar-refractivity contribution in [3.05, 3.63) is 65.2 Å². The highest BCUT2D eigenvalue weighted by molar-refractivity contribution is 7.99. The molecule has 152 valence electrons. The zero-order valence-corrected chi connectivity index (χ0v) is 17.6. The van der Waals surface area contributed by atoms with E-state index in [1.807, 2.05) is 40.0 Å². The van der Waals surface area contributed by atoms with Gasteiger partial charge in [-0.1, -0.05) is 30.0 Å². The van der Waals surface area contributed by atoms with E-state index >= 15 is 0 Å². The van der Waals surface area contributed by atoms with Crippen molar-refractivity contribution in [1.29, 1.82) is 0 Å². The second-order valence-electron chi connectivity index (χ2n) is 6.80. The lowest BCUT2D eigenvalue weighted by atomic mass is 10.1. The van der Waals surface area contributed by atoms with Crippen molar-refractivity contribution in [3.8, 4) is 5.75 Å². The number of carbonyl (C=O) groups is 1. The number of nitrogens with one attached hydrogen (secondary N) is 1. The van der Waals surface area contributed by atoms with Crippen LogP contribution in [0.5, 0.6) is 5.75 Å². The van der Waals surface area contributed by atoms with E-state index in [4.69, 9.17) is 4.74 Å². The summed E-state index contributed by atoms with van der Waals surface area (Å²) >= 11 is 1.23. The highest BCUT2D eigenvalue weighted by Gasteiger charge is 2.18. The van der Waals surface area contributed by atoms with Crippen molar-refractivity contribution in [3.63, 3.8) is 0 Å². The average molecular weight is 415 g/mol. The van der Waals surface area contributed by atoms with Gasteiger partial charge in [-0.2, -0.15) is 0 Å². The third-order valence-corrected chi connectivity index (χ3v) is 5.24. The number of thioether (sulfide) groups is 1. The number of hydrogen-bond donors (Lipinski definition) is 1. The second kappa shape index (κ2) is 9.09. The Labute approximate surface area is 173 Å². The second-order valence-corrected chi connectivity index (χ2v) is 7.74. The van der Waals surface area contributed by atoms with E-state index in [1.54, 1.807) is 16.7 Å². The maximum Gasteiger partial charge on any atom is 0.234 e. The van der Waals surface area contributed by atoms with E-state index in [0.29, 0.717) is 11.0 Å². The SMILES string of the molecule is Cc1cc(C)cc(OC(C)c2nnc(SCC(=O)Nc3ccccc3F)n2C)c1. The molecule has 0 radical (unpaired) electrons. The molecule has 3 aromatic rings. The van der Waals surface area contributed by atoms with Gasteiger partial charge in [-0.3, -0.25) is 4.79 Å². The molecule has 6 nitrogen and oxygen atoms in total. The number of rotatable bonds is 7. The van der Waals surface area contributed by atoms with Gasteiger partial charge in [0.05, 0.1) is 11.4 Å². The minimum Gasteiger partial charge on any atom is -0.483 e. The molecule has 2 aromatic carbocycles. The molecule has 0 aliphatic heterocycles. The molecule has 0 aliphatic carbocycles. The van der Waals surface area contributed by atoms with Crippen molar-refractivity contribution < 1.29 is 13.9 Å². The van der Waals surface area contributed by atoms with Crippen molar-refractivity contribution in [2.75, 3.05) is 11.1 Å². The number of aromatic nitrogens is 3. The minimum atomic E-state index is -0.468. The van der Waals surface area contributed by atoms with Crippen molar-refractivity contribution in [1.82, 2.24) is 14.8 Å². The Kier molecular flexibility index (Phi) is 6.53. The fourth-order valence-electron chi connectivity index (χ4n) is 2.94. The zero-order valence-electron chi connectivity index (χ0n) is 16.8. The molecule has 29 heavy (non-hydrogen) atoms. The van der Waals surface area contributed by atoms with Gasteiger partial charge in [-0.05, 0) is 56.2 Å². The molecule has 1 N–H and O–H groups in total. The molecule has 0 aliphatic rings. The molecule has 8 heteroatoms. The quantitative estimate of drug-likeness (QED) is 0.579. The van der Waals surface area contributed by atoms with E-state index < -0.39 is 5.82 Å². The first-order chi connectivity index (χ1) is 13.8. The third kappa shape index (κ3) is 5.35. The molecule has 0 fully saturated rings. The summed E-state index contributed by atoms with van der Waals surface area (Å²) in [6.07, 6.45) is -0.310. The van der Waals surface area contributed by atoms with E-state index in [1.165, 1.54) is 23.9 Å². The largest absolute Gasteiger partial charge is 0.483 e. The normalized spacial score (nSPS) is 11.9. The van der Waals surface area contributed by atoms with Gasteiger partial charge in [-0.25, -0.2) is 4.39 Å². The van der Waals surface area contributed by atoms with Gasteiger partial charge in [0.1, 0.15) is 11.6 Å². The summed E-state index contributed by atoms with van der Waals surface area (Å²) < 4.78 is 21.5. The number of ether oxygens (including phenoxy) is 1. The summed E-state index contributed by atoms with van der Waals surface area (Å²) in [5.41, 5.74) is 2.41. The Morgan fingerprint density at radius 3 is 2.59 bits per heavy atom. The van der Waals surface area contributed by atoms with E-state index in [0.717, 1.165) is 16.9 Å². The fourth-order valence-corrected chi connectivity index (χ4v) is 3.66. The summed E-state index contributed by atoms with van der Waals surface area (Å²) in [5.74, 6) is 0.734. The van der Waals surface area contributed by atoms with Gasteiger partial charge in [0.25, 0.3) is 0 Å². The number of hydrogen-bond acceptors (Lipinski definition) is 5. The number of para-hydroxylation sites is 1. The molecule has 1 heterocycles. The smallest absolute Gasteiger partial charge is 0.234 e. The first kappa shape index (κ1) is 20.9. The van der Waals surface area contributed by atoms with Crippen LogP contribution in [0, 0.1) is 19.7 Å². The molecule has 0 bridgehead atoms. The van der Waals surface area contributed by atoms with E-state index in [9.17, 15) is 9.18 Å². The molecular formula is C21H23FN4O2S. The first-order valence-electron chi connectivity index (χ1n) is 9.15. The van der Waals surface area contributed by atoms with Crippen LogP contribution in [0.3, 0.4) is 0 Å². The summed E-state index contributed by atoms with van der Waals surface area (Å²) in [7, 11) is 1.83. The zero-order chi connectivity index (χ0) is 21.0. The molecule has 1 amide bonds. The molecular weight excluding hydrogens is 391 g/mol. The lowest BCUT2D eigenvalue weighted by Crippen LogP contribution is -2.15. The topological polar surface area (TPSA) is 69.0 Å². The summed E-state index contributed by atoms with van der Waals surface area (Å²) in [4.78, 5) is 12.1. The van der Waals surface area contributed by atoms with E-state index in [2.05, 4.69) is 21.6 Å². The number of halogens is 1. The Morgan fingerprint density at radius 2 is 1.90 bits per heavy atom. The van der Waals surface area contributed by atoms with Crippen LogP contribution in [0.2, 0.25) is 0 Å². The van der Waals surface area contributed by atoms with Crippen LogP contribution in [-0.4, -0.2) is 26.4 Å². The third-order valence-electron chi connectivity index (χ3n) is 4.22. The minimum absolute atomic E-state index is 0.0899. The molecule has 1 aromatic heterocycles. The lowest BCUT2D eigenvalue weighted by Gasteiger charge is -2.15. The van der Waals surface area contributed by atoms with Gasteiger partial charge in [0, 0.05) is 7.05 Å². The monoisotopic (exact) mass is 414 g/mol. The molecule has 0 saturated carbocycles. The fraction of sp³-hybridized carbons (Fsp3) is 0.286. The molecule has 1 atom stereocenters. The Hall–Kier alpha value is -2.87. The van der Waals surface area contributed by atoms with Gasteiger partial charge in [-0.15, -0.1) is 10.2 Å². The van der Waals surface area contributed by atoms with Crippen molar-refractivity contribution in [2.45, 2.75) is 32.0 Å². The van der Waals surface area contributed by atoms with Crippen molar-refractivity contribution in [2.24, 2.45) is 7.05 Å². The van der Waals surface area contributed by atoms with E-state index in [-0.39, 0.29) is 23.5 Å². The molecule has 3 rings (SSSR count). The number of anilines is 1. The Balaban J connectivity index is 1.61. The van der Waals surface area contributed by atoms with Gasteiger partial charge in [0.2, 0.25) is 5.91 Å². The Morgan fingerprint density at radius 1 is 1.21 bits per heavy atom. The van der Waals surface area contributed by atoms with Crippen LogP contribution in [-0.2, 0) is 11.8 Å². The van der Waals surface area contributed by atoms with Crippen LogP contribution in [0.25, 0.3) is 0 Å². The standard InChI is InChI=1S/C21H23FN4O2S/c1-13-9-14(2)11-16(10-13)28-15(3)20-24-25-21(26(20)4)29-12-19(27)23-18-8-6-5-7-17(18)22/h5-11,15H,12H2,1-4H3,(H,23,27). The number of carbonyl (C=O) groups excluding carboxylic acids is 1. The maximum atomic E-state index is 13.6. The average Bonchev–Trinajstić information content (AvgIpc) is 3.02. The highest BCUT2D eigenvalue weighted by Crippen LogP contribution is 2.25.